The summed E-state index contributed by atoms with van der Waals surface area (Å²) < 4.78 is 13.4. The Balaban J connectivity index is 1.46. The van der Waals surface area contributed by atoms with E-state index in [0.717, 1.165) is 22.6 Å². The summed E-state index contributed by atoms with van der Waals surface area (Å²) in [6, 6.07) is 23.4. The van der Waals surface area contributed by atoms with E-state index >= 15 is 0 Å². The molecule has 0 bridgehead atoms. The van der Waals surface area contributed by atoms with Gasteiger partial charge in [0.1, 0.15) is 23.9 Å². The van der Waals surface area contributed by atoms with E-state index in [1.807, 2.05) is 48.5 Å². The number of para-hydroxylation sites is 3. The smallest absolute Gasteiger partial charge is 0.255 e. The molecule has 4 rings (SSSR count). The van der Waals surface area contributed by atoms with Crippen LogP contribution in [0.2, 0.25) is 0 Å². The highest BCUT2D eigenvalue weighted by atomic mass is 16.5. The Hall–Kier alpha value is -3.80. The molecule has 0 aliphatic carbocycles. The number of nitrogens with zero attached hydrogens (tertiary/aromatic N) is 2. The Morgan fingerprint density at radius 3 is 2.41 bits per heavy atom. The van der Waals surface area contributed by atoms with Crippen molar-refractivity contribution in [3.05, 3.63) is 89.7 Å². The van der Waals surface area contributed by atoms with Crippen LogP contribution in [0.1, 0.15) is 42.5 Å². The topological polar surface area (TPSA) is 65.4 Å². The lowest BCUT2D eigenvalue weighted by Gasteiger charge is -2.19. The molecule has 4 aromatic rings. The van der Waals surface area contributed by atoms with Crippen molar-refractivity contribution in [2.75, 3.05) is 13.7 Å². The minimum absolute atomic E-state index is 0.108. The molecular formula is C28H31N3O3. The van der Waals surface area contributed by atoms with Gasteiger partial charge in [-0.2, -0.15) is 0 Å². The van der Waals surface area contributed by atoms with Gasteiger partial charge in [0.2, 0.25) is 0 Å². The van der Waals surface area contributed by atoms with Gasteiger partial charge in [-0.25, -0.2) is 4.98 Å². The summed E-state index contributed by atoms with van der Waals surface area (Å²) >= 11 is 0. The Morgan fingerprint density at radius 1 is 0.971 bits per heavy atom. The van der Waals surface area contributed by atoms with Crippen molar-refractivity contribution in [3.63, 3.8) is 0 Å². The normalized spacial score (nSPS) is 11.4. The fraction of sp³-hybridized carbons (Fsp3) is 0.286. The zero-order valence-electron chi connectivity index (χ0n) is 20.2. The van der Waals surface area contributed by atoms with Crippen LogP contribution in [0.5, 0.6) is 11.5 Å². The number of carbonyl (C=O) groups excluding carboxylic acids is 1. The Bertz CT molecular complexity index is 1270. The van der Waals surface area contributed by atoms with Crippen LogP contribution in [-0.2, 0) is 18.5 Å². The first-order valence-corrected chi connectivity index (χ1v) is 11.5. The number of methoxy groups -OCH3 is 1. The molecule has 0 atom stereocenters. The van der Waals surface area contributed by atoms with Crippen molar-refractivity contribution in [3.8, 4) is 11.5 Å². The molecule has 1 heterocycles. The predicted molar refractivity (Wildman–Crippen MR) is 135 cm³/mol. The molecule has 0 saturated heterocycles. The third-order valence-corrected chi connectivity index (χ3v) is 5.80. The van der Waals surface area contributed by atoms with Gasteiger partial charge in [-0.05, 0) is 47.4 Å². The SMILES string of the molecule is COc1ccccc1C(=O)NCc1nc2ccccc2n1CCOc1ccc(C(C)(C)C)cc1. The Labute approximate surface area is 200 Å². The third kappa shape index (κ3) is 5.22. The number of aromatic nitrogens is 2. The monoisotopic (exact) mass is 457 g/mol. The lowest BCUT2D eigenvalue weighted by atomic mass is 9.87. The second-order valence-corrected chi connectivity index (χ2v) is 9.17. The number of carbonyl (C=O) groups is 1. The molecule has 3 aromatic carbocycles. The first-order chi connectivity index (χ1) is 16.4. The maximum absolute atomic E-state index is 12.8. The van der Waals surface area contributed by atoms with Gasteiger partial charge in [0.15, 0.2) is 0 Å². The van der Waals surface area contributed by atoms with Crippen LogP contribution in [0.25, 0.3) is 11.0 Å². The first kappa shape index (κ1) is 23.4. The zero-order chi connectivity index (χ0) is 24.1. The number of fused-ring (bicyclic) bond motifs is 1. The molecule has 1 N–H and O–H groups in total. The molecule has 0 spiro atoms. The van der Waals surface area contributed by atoms with Crippen LogP contribution in [0.15, 0.2) is 72.8 Å². The van der Waals surface area contributed by atoms with E-state index in [2.05, 4.69) is 42.8 Å². The number of hydrogen-bond donors (Lipinski definition) is 1. The largest absolute Gasteiger partial charge is 0.496 e. The average molecular weight is 458 g/mol. The van der Waals surface area contributed by atoms with Crippen LogP contribution >= 0.6 is 0 Å². The molecular weight excluding hydrogens is 426 g/mol. The van der Waals surface area contributed by atoms with Gasteiger partial charge in [0.25, 0.3) is 5.91 Å². The van der Waals surface area contributed by atoms with Crippen LogP contribution in [0, 0.1) is 0 Å². The van der Waals surface area contributed by atoms with Crippen LogP contribution in [-0.4, -0.2) is 29.2 Å². The lowest BCUT2D eigenvalue weighted by Crippen LogP contribution is -2.25. The van der Waals surface area contributed by atoms with E-state index in [0.29, 0.717) is 31.0 Å². The molecule has 6 heteroatoms. The van der Waals surface area contributed by atoms with Gasteiger partial charge in [-0.3, -0.25) is 4.79 Å². The molecule has 0 unspecified atom stereocenters. The van der Waals surface area contributed by atoms with Gasteiger partial charge in [-0.1, -0.05) is 57.2 Å². The summed E-state index contributed by atoms with van der Waals surface area (Å²) in [6.45, 7) is 7.99. The van der Waals surface area contributed by atoms with E-state index in [1.165, 1.54) is 5.56 Å². The summed E-state index contributed by atoms with van der Waals surface area (Å²) in [5.74, 6) is 1.95. The molecule has 1 aromatic heterocycles. The number of ether oxygens (including phenoxy) is 2. The maximum atomic E-state index is 12.8. The third-order valence-electron chi connectivity index (χ3n) is 5.80. The van der Waals surface area contributed by atoms with Gasteiger partial charge >= 0.3 is 0 Å². The molecule has 34 heavy (non-hydrogen) atoms. The fourth-order valence-electron chi connectivity index (χ4n) is 3.90. The number of benzene rings is 3. The minimum atomic E-state index is -0.203. The van der Waals surface area contributed by atoms with Crippen molar-refractivity contribution >= 4 is 16.9 Å². The second-order valence-electron chi connectivity index (χ2n) is 9.17. The van der Waals surface area contributed by atoms with Crippen LogP contribution in [0.4, 0.5) is 0 Å². The maximum Gasteiger partial charge on any atom is 0.255 e. The quantitative estimate of drug-likeness (QED) is 0.387. The van der Waals surface area contributed by atoms with Crippen LogP contribution < -0.4 is 14.8 Å². The standard InChI is InChI=1S/C28H31N3O3/c1-28(2,3)20-13-15-21(16-14-20)34-18-17-31-24-11-7-6-10-23(24)30-26(31)19-29-27(32)22-9-5-8-12-25(22)33-4/h5-16H,17-19H2,1-4H3,(H,29,32). The van der Waals surface area contributed by atoms with E-state index in [-0.39, 0.29) is 11.3 Å². The molecule has 0 aliphatic heterocycles. The highest BCUT2D eigenvalue weighted by molar-refractivity contribution is 5.96. The number of rotatable bonds is 8. The van der Waals surface area contributed by atoms with Crippen molar-refractivity contribution in [1.29, 1.82) is 0 Å². The van der Waals surface area contributed by atoms with E-state index in [1.54, 1.807) is 19.2 Å². The van der Waals surface area contributed by atoms with Crippen molar-refractivity contribution in [2.24, 2.45) is 0 Å². The van der Waals surface area contributed by atoms with Crippen molar-refractivity contribution in [2.45, 2.75) is 39.3 Å². The molecule has 0 aliphatic rings. The molecule has 6 nitrogen and oxygen atoms in total. The number of imidazole rings is 1. The van der Waals surface area contributed by atoms with Gasteiger partial charge in [-0.15, -0.1) is 0 Å². The summed E-state index contributed by atoms with van der Waals surface area (Å²) in [4.78, 5) is 17.5. The highest BCUT2D eigenvalue weighted by Gasteiger charge is 2.16. The summed E-state index contributed by atoms with van der Waals surface area (Å²) in [5.41, 5.74) is 3.77. The minimum Gasteiger partial charge on any atom is -0.496 e. The summed E-state index contributed by atoms with van der Waals surface area (Å²) in [6.07, 6.45) is 0. The predicted octanol–water partition coefficient (Wildman–Crippen LogP) is 5.35. The second kappa shape index (κ2) is 10.00. The Kier molecular flexibility index (Phi) is 6.87. The Morgan fingerprint density at radius 2 is 1.68 bits per heavy atom. The van der Waals surface area contributed by atoms with Crippen molar-refractivity contribution < 1.29 is 14.3 Å². The molecule has 0 radical (unpaired) electrons. The first-order valence-electron chi connectivity index (χ1n) is 11.5. The molecule has 176 valence electrons. The average Bonchev–Trinajstić information content (AvgIpc) is 3.19. The fourth-order valence-corrected chi connectivity index (χ4v) is 3.90. The van der Waals surface area contributed by atoms with E-state index in [9.17, 15) is 4.79 Å². The van der Waals surface area contributed by atoms with Crippen LogP contribution in [0.3, 0.4) is 0 Å². The highest BCUT2D eigenvalue weighted by Crippen LogP contribution is 2.24. The number of amides is 1. The number of hydrogen-bond acceptors (Lipinski definition) is 4. The zero-order valence-corrected chi connectivity index (χ0v) is 20.2. The van der Waals surface area contributed by atoms with E-state index in [4.69, 9.17) is 14.5 Å². The van der Waals surface area contributed by atoms with Crippen molar-refractivity contribution in [1.82, 2.24) is 14.9 Å². The molecule has 1 amide bonds. The summed E-state index contributed by atoms with van der Waals surface area (Å²) in [7, 11) is 1.56. The number of nitrogens with one attached hydrogen (secondary N) is 1. The van der Waals surface area contributed by atoms with Gasteiger partial charge < -0.3 is 19.4 Å². The summed E-state index contributed by atoms with van der Waals surface area (Å²) in [5, 5.41) is 2.98. The lowest BCUT2D eigenvalue weighted by molar-refractivity contribution is 0.0946. The van der Waals surface area contributed by atoms with Gasteiger partial charge in [0, 0.05) is 0 Å². The van der Waals surface area contributed by atoms with E-state index < -0.39 is 0 Å². The van der Waals surface area contributed by atoms with Gasteiger partial charge in [0.05, 0.1) is 36.8 Å². The molecule has 0 saturated carbocycles. The molecule has 0 fully saturated rings.